The Balaban J connectivity index is 1.87. The first kappa shape index (κ1) is 20.4. The van der Waals surface area contributed by atoms with E-state index in [0.717, 1.165) is 19.4 Å². The lowest BCUT2D eigenvalue weighted by Gasteiger charge is -2.43. The van der Waals surface area contributed by atoms with Gasteiger partial charge in [0.15, 0.2) is 8.32 Å². The predicted molar refractivity (Wildman–Crippen MR) is 120 cm³/mol. The normalized spacial score (nSPS) is 21.0. The van der Waals surface area contributed by atoms with Gasteiger partial charge in [0.05, 0.1) is 0 Å². The Morgan fingerprint density at radius 3 is 2.22 bits per heavy atom. The molecule has 2 aliphatic carbocycles. The van der Waals surface area contributed by atoms with E-state index in [9.17, 15) is 0 Å². The van der Waals surface area contributed by atoms with Crippen LogP contribution in [0.25, 0.3) is 6.08 Å². The number of benzene rings is 1. The smallest absolute Gasteiger partial charge is 0.191 e. The largest absolute Gasteiger partial charge is 0.417 e. The third-order valence-electron chi connectivity index (χ3n) is 7.40. The topological polar surface area (TPSA) is 9.23 Å². The van der Waals surface area contributed by atoms with Gasteiger partial charge < -0.3 is 4.43 Å². The number of allylic oxidation sites excluding steroid dienone is 5. The van der Waals surface area contributed by atoms with Gasteiger partial charge in [-0.05, 0) is 47.5 Å². The van der Waals surface area contributed by atoms with Crippen molar-refractivity contribution in [1.29, 1.82) is 0 Å². The van der Waals surface area contributed by atoms with Gasteiger partial charge in [0.2, 0.25) is 0 Å². The van der Waals surface area contributed by atoms with E-state index < -0.39 is 8.32 Å². The van der Waals surface area contributed by atoms with Crippen molar-refractivity contribution in [2.45, 2.75) is 64.6 Å². The van der Waals surface area contributed by atoms with Crippen molar-refractivity contribution in [3.8, 4) is 0 Å². The summed E-state index contributed by atoms with van der Waals surface area (Å²) in [7, 11) is -1.53. The fraction of sp³-hybridized carbons (Fsp3) is 0.520. The van der Waals surface area contributed by atoms with Crippen LogP contribution in [0.4, 0.5) is 0 Å². The van der Waals surface area contributed by atoms with E-state index in [1.54, 1.807) is 0 Å². The molecular weight excluding hydrogens is 344 g/mol. The van der Waals surface area contributed by atoms with Crippen LogP contribution in [0.1, 0.15) is 57.6 Å². The fourth-order valence-corrected chi connectivity index (χ4v) is 7.89. The molecule has 1 aromatic rings. The van der Waals surface area contributed by atoms with Crippen LogP contribution in [0.5, 0.6) is 0 Å². The van der Waals surface area contributed by atoms with Gasteiger partial charge in [-0.15, -0.1) is 0 Å². The molecule has 0 saturated heterocycles. The molecule has 0 heterocycles. The average molecular weight is 381 g/mol. The van der Waals surface area contributed by atoms with E-state index in [4.69, 9.17) is 4.43 Å². The minimum absolute atomic E-state index is 0.196. The molecule has 3 rings (SSSR count). The van der Waals surface area contributed by atoms with Crippen LogP contribution in [-0.4, -0.2) is 14.9 Å². The van der Waals surface area contributed by atoms with Crippen LogP contribution in [0.2, 0.25) is 18.1 Å². The summed E-state index contributed by atoms with van der Waals surface area (Å²) in [5.74, 6) is 0.966. The summed E-state index contributed by atoms with van der Waals surface area (Å²) in [6.07, 6.45) is 16.3. The lowest BCUT2D eigenvalue weighted by Crippen LogP contribution is -2.39. The van der Waals surface area contributed by atoms with Gasteiger partial charge in [-0.1, -0.05) is 88.4 Å². The second-order valence-corrected chi connectivity index (χ2v) is 13.0. The van der Waals surface area contributed by atoms with Crippen LogP contribution >= 0.6 is 0 Å². The number of rotatable bonds is 10. The Kier molecular flexibility index (Phi) is 6.59. The van der Waals surface area contributed by atoms with Crippen LogP contribution < -0.4 is 0 Å². The minimum atomic E-state index is -1.53. The van der Waals surface area contributed by atoms with Crippen molar-refractivity contribution in [2.75, 3.05) is 6.61 Å². The third kappa shape index (κ3) is 3.79. The molecule has 1 nitrogen and oxygen atoms in total. The molecule has 1 aromatic carbocycles. The summed E-state index contributed by atoms with van der Waals surface area (Å²) >= 11 is 0. The molecule has 0 radical (unpaired) electrons. The Bertz CT molecular complexity index is 693. The van der Waals surface area contributed by atoms with E-state index in [0.29, 0.717) is 11.8 Å². The van der Waals surface area contributed by atoms with Crippen molar-refractivity contribution in [3.05, 3.63) is 65.8 Å². The molecule has 27 heavy (non-hydrogen) atoms. The first-order valence-corrected chi connectivity index (χ1v) is 13.4. The number of fused-ring (bicyclic) bond motifs is 1. The molecule has 0 spiro atoms. The van der Waals surface area contributed by atoms with Gasteiger partial charge in [-0.3, -0.25) is 0 Å². The van der Waals surface area contributed by atoms with Gasteiger partial charge in [0.25, 0.3) is 0 Å². The molecule has 2 atom stereocenters. The fourth-order valence-electron chi connectivity index (χ4n) is 5.24. The molecule has 2 heteroatoms. The highest BCUT2D eigenvalue weighted by Gasteiger charge is 2.44. The molecule has 2 unspecified atom stereocenters. The third-order valence-corrected chi connectivity index (χ3v) is 12.1. The molecule has 0 saturated carbocycles. The van der Waals surface area contributed by atoms with Crippen molar-refractivity contribution >= 4 is 14.4 Å². The minimum Gasteiger partial charge on any atom is -0.417 e. The van der Waals surface area contributed by atoms with E-state index >= 15 is 0 Å². The molecule has 146 valence electrons. The quantitative estimate of drug-likeness (QED) is 0.386. The van der Waals surface area contributed by atoms with Crippen LogP contribution in [0.15, 0.2) is 54.6 Å². The highest BCUT2D eigenvalue weighted by molar-refractivity contribution is 6.73. The second-order valence-electron chi connectivity index (χ2n) is 8.19. The average Bonchev–Trinajstić information content (AvgIpc) is 3.40. The van der Waals surface area contributed by atoms with Crippen molar-refractivity contribution < 1.29 is 4.43 Å². The van der Waals surface area contributed by atoms with E-state index in [2.05, 4.69) is 88.4 Å². The van der Waals surface area contributed by atoms with Gasteiger partial charge in [-0.25, -0.2) is 0 Å². The summed E-state index contributed by atoms with van der Waals surface area (Å²) in [5, 5.41) is 0. The van der Waals surface area contributed by atoms with Gasteiger partial charge in [-0.2, -0.15) is 0 Å². The van der Waals surface area contributed by atoms with Gasteiger partial charge in [0.1, 0.15) is 0 Å². The molecule has 0 N–H and O–H groups in total. The zero-order valence-corrected chi connectivity index (χ0v) is 18.6. The molecule has 2 aliphatic rings. The van der Waals surface area contributed by atoms with E-state index in [1.165, 1.54) is 29.3 Å². The molecule has 0 aliphatic heterocycles. The van der Waals surface area contributed by atoms with Crippen molar-refractivity contribution in [3.63, 3.8) is 0 Å². The number of hydrogen-bond acceptors (Lipinski definition) is 1. The maximum absolute atomic E-state index is 6.71. The standard InChI is InChI=1S/C25H36OSi/c1-5-25(22-14-10-11-15-22,19-20-26-27(6-2,7-3)8-4)24-18-17-21-13-9-12-16-23(21)24/h9-18,22,24H,5-8,19-20H2,1-4H3. The highest BCUT2D eigenvalue weighted by atomic mass is 28.4. The zero-order chi connectivity index (χ0) is 19.3. The van der Waals surface area contributed by atoms with Crippen LogP contribution in [-0.2, 0) is 4.43 Å². The maximum Gasteiger partial charge on any atom is 0.191 e. The molecule has 0 fully saturated rings. The summed E-state index contributed by atoms with van der Waals surface area (Å²) in [6.45, 7) is 10.2. The number of hydrogen-bond donors (Lipinski definition) is 0. The SMILES string of the molecule is CCC(CCO[Si](CC)(CC)CC)(C1C=CC=C1)C1C=Cc2ccccc21. The summed E-state index contributed by atoms with van der Waals surface area (Å²) in [6, 6.07) is 12.6. The Morgan fingerprint density at radius 2 is 1.59 bits per heavy atom. The second kappa shape index (κ2) is 8.75. The summed E-state index contributed by atoms with van der Waals surface area (Å²) in [5.41, 5.74) is 3.09. The van der Waals surface area contributed by atoms with Crippen molar-refractivity contribution in [1.82, 2.24) is 0 Å². The molecule has 0 aromatic heterocycles. The first-order chi connectivity index (χ1) is 13.1. The van der Waals surface area contributed by atoms with Crippen molar-refractivity contribution in [2.24, 2.45) is 11.3 Å². The lowest BCUT2D eigenvalue weighted by molar-refractivity contribution is 0.133. The Morgan fingerprint density at radius 1 is 0.926 bits per heavy atom. The summed E-state index contributed by atoms with van der Waals surface area (Å²) < 4.78 is 6.71. The van der Waals surface area contributed by atoms with E-state index in [-0.39, 0.29) is 5.41 Å². The molecule has 0 bridgehead atoms. The van der Waals surface area contributed by atoms with Crippen LogP contribution in [0, 0.1) is 11.3 Å². The zero-order valence-electron chi connectivity index (χ0n) is 17.6. The monoisotopic (exact) mass is 380 g/mol. The van der Waals surface area contributed by atoms with E-state index in [1.807, 2.05) is 0 Å². The predicted octanol–water partition coefficient (Wildman–Crippen LogP) is 7.35. The lowest BCUT2D eigenvalue weighted by atomic mass is 9.62. The van der Waals surface area contributed by atoms with Gasteiger partial charge >= 0.3 is 0 Å². The summed E-state index contributed by atoms with van der Waals surface area (Å²) in [4.78, 5) is 0. The highest BCUT2D eigenvalue weighted by Crippen LogP contribution is 2.53. The Hall–Kier alpha value is -1.38. The molecule has 0 amide bonds. The first-order valence-electron chi connectivity index (χ1n) is 10.9. The maximum atomic E-state index is 6.71. The Labute approximate surface area is 167 Å². The van der Waals surface area contributed by atoms with Gasteiger partial charge in [0, 0.05) is 18.4 Å². The van der Waals surface area contributed by atoms with Crippen LogP contribution in [0.3, 0.4) is 0 Å². The molecular formula is C25H36OSi.